The fourth-order valence-electron chi connectivity index (χ4n) is 1.27. The van der Waals surface area contributed by atoms with E-state index in [1.54, 1.807) is 0 Å². The van der Waals surface area contributed by atoms with Gasteiger partial charge in [-0.25, -0.2) is 0 Å². The zero-order valence-corrected chi connectivity index (χ0v) is 10.5. The lowest BCUT2D eigenvalue weighted by Gasteiger charge is -2.11. The molecule has 0 bridgehead atoms. The van der Waals surface area contributed by atoms with Crippen LogP contribution >= 0.6 is 12.4 Å². The van der Waals surface area contributed by atoms with Crippen molar-refractivity contribution in [1.82, 2.24) is 5.32 Å². The Balaban J connectivity index is 0.00000225. The van der Waals surface area contributed by atoms with Crippen molar-refractivity contribution in [3.63, 3.8) is 0 Å². The molecule has 3 N–H and O–H groups in total. The lowest BCUT2D eigenvalue weighted by molar-refractivity contribution is -0.124. The van der Waals surface area contributed by atoms with E-state index in [9.17, 15) is 4.79 Å². The highest BCUT2D eigenvalue weighted by Gasteiger charge is 2.09. The molecule has 0 aliphatic rings. The van der Waals surface area contributed by atoms with Crippen LogP contribution in [0, 0.1) is 12.8 Å². The lowest BCUT2D eigenvalue weighted by Crippen LogP contribution is -2.32. The number of nitrogens with two attached hydrogens (primary N) is 1. The topological polar surface area (TPSA) is 55.1 Å². The summed E-state index contributed by atoms with van der Waals surface area (Å²) in [5.41, 5.74) is 7.75. The predicted octanol–water partition coefficient (Wildman–Crippen LogP) is 1.63. The average Bonchev–Trinajstić information content (AvgIpc) is 2.26. The molecule has 0 saturated carbocycles. The molecule has 4 heteroatoms. The summed E-state index contributed by atoms with van der Waals surface area (Å²) in [6, 6.07) is 8.01. The van der Waals surface area contributed by atoms with Gasteiger partial charge in [-0.3, -0.25) is 4.79 Å². The number of nitrogens with one attached hydrogen (secondary N) is 1. The minimum atomic E-state index is -0.117. The Labute approximate surface area is 103 Å². The van der Waals surface area contributed by atoms with Gasteiger partial charge >= 0.3 is 0 Å². The zero-order valence-electron chi connectivity index (χ0n) is 9.69. The number of carbonyl (C=O) groups is 1. The van der Waals surface area contributed by atoms with Crippen molar-refractivity contribution in [3.05, 3.63) is 35.4 Å². The van der Waals surface area contributed by atoms with Gasteiger partial charge in [0.25, 0.3) is 0 Å². The third-order valence-corrected chi connectivity index (χ3v) is 2.52. The Bertz CT molecular complexity index is 342. The van der Waals surface area contributed by atoms with E-state index in [0.29, 0.717) is 13.1 Å². The van der Waals surface area contributed by atoms with E-state index in [-0.39, 0.29) is 24.2 Å². The molecule has 1 amide bonds. The van der Waals surface area contributed by atoms with Gasteiger partial charge in [-0.15, -0.1) is 12.4 Å². The summed E-state index contributed by atoms with van der Waals surface area (Å²) in [5.74, 6) is -0.102. The first-order valence-electron chi connectivity index (χ1n) is 5.17. The van der Waals surface area contributed by atoms with Crippen LogP contribution in [-0.4, -0.2) is 12.5 Å². The standard InChI is InChI=1S/C12H18N2O.ClH/c1-9-5-3-4-6-11(9)8-14-12(15)10(2)7-13;/h3-6,10H,7-8,13H2,1-2H3,(H,14,15);1H. The molecule has 3 nitrogen and oxygen atoms in total. The highest BCUT2D eigenvalue weighted by molar-refractivity contribution is 5.85. The molecular formula is C12H19ClN2O. The van der Waals surface area contributed by atoms with Gasteiger partial charge in [0.1, 0.15) is 0 Å². The van der Waals surface area contributed by atoms with Crippen molar-refractivity contribution in [2.24, 2.45) is 11.7 Å². The Morgan fingerprint density at radius 1 is 1.44 bits per heavy atom. The largest absolute Gasteiger partial charge is 0.352 e. The molecule has 0 aromatic heterocycles. The van der Waals surface area contributed by atoms with Crippen molar-refractivity contribution in [2.45, 2.75) is 20.4 Å². The molecule has 0 fully saturated rings. The number of halogens is 1. The number of rotatable bonds is 4. The Morgan fingerprint density at radius 3 is 2.62 bits per heavy atom. The van der Waals surface area contributed by atoms with Crippen LogP contribution in [-0.2, 0) is 11.3 Å². The maximum atomic E-state index is 11.5. The third kappa shape index (κ3) is 4.21. The first kappa shape index (κ1) is 14.9. The van der Waals surface area contributed by atoms with Crippen LogP contribution in [0.15, 0.2) is 24.3 Å². The minimum absolute atomic E-state index is 0. The van der Waals surface area contributed by atoms with Gasteiger partial charge in [0.05, 0.1) is 0 Å². The van der Waals surface area contributed by atoms with E-state index in [4.69, 9.17) is 5.73 Å². The van der Waals surface area contributed by atoms with E-state index >= 15 is 0 Å². The van der Waals surface area contributed by atoms with E-state index in [1.165, 1.54) is 5.56 Å². The molecule has 1 rings (SSSR count). The molecule has 1 atom stereocenters. The van der Waals surface area contributed by atoms with E-state index in [2.05, 4.69) is 5.32 Å². The van der Waals surface area contributed by atoms with Crippen LogP contribution in [0.2, 0.25) is 0 Å². The highest BCUT2D eigenvalue weighted by atomic mass is 35.5. The summed E-state index contributed by atoms with van der Waals surface area (Å²) < 4.78 is 0. The molecule has 0 radical (unpaired) electrons. The smallest absolute Gasteiger partial charge is 0.224 e. The molecule has 1 aromatic carbocycles. The van der Waals surface area contributed by atoms with Gasteiger partial charge in [0.2, 0.25) is 5.91 Å². The van der Waals surface area contributed by atoms with E-state index < -0.39 is 0 Å². The lowest BCUT2D eigenvalue weighted by atomic mass is 10.1. The number of carbonyl (C=O) groups excluding carboxylic acids is 1. The van der Waals surface area contributed by atoms with Crippen molar-refractivity contribution in [2.75, 3.05) is 6.54 Å². The summed E-state index contributed by atoms with van der Waals surface area (Å²) >= 11 is 0. The van der Waals surface area contributed by atoms with Crippen LogP contribution in [0.1, 0.15) is 18.1 Å². The number of benzene rings is 1. The second kappa shape index (κ2) is 7.25. The fraction of sp³-hybridized carbons (Fsp3) is 0.417. The Kier molecular flexibility index (Phi) is 6.77. The molecular weight excluding hydrogens is 224 g/mol. The third-order valence-electron chi connectivity index (χ3n) is 2.52. The number of aryl methyl sites for hydroxylation is 1. The summed E-state index contributed by atoms with van der Waals surface area (Å²) in [6.45, 7) is 4.83. The maximum Gasteiger partial charge on any atom is 0.224 e. The highest BCUT2D eigenvalue weighted by Crippen LogP contribution is 2.06. The monoisotopic (exact) mass is 242 g/mol. The molecule has 0 saturated heterocycles. The van der Waals surface area contributed by atoms with Crippen molar-refractivity contribution in [1.29, 1.82) is 0 Å². The molecule has 0 spiro atoms. The number of amides is 1. The van der Waals surface area contributed by atoms with Crippen LogP contribution in [0.25, 0.3) is 0 Å². The summed E-state index contributed by atoms with van der Waals surface area (Å²) in [6.07, 6.45) is 0. The van der Waals surface area contributed by atoms with Crippen molar-refractivity contribution in [3.8, 4) is 0 Å². The van der Waals surface area contributed by atoms with Crippen molar-refractivity contribution >= 4 is 18.3 Å². The minimum Gasteiger partial charge on any atom is -0.352 e. The predicted molar refractivity (Wildman–Crippen MR) is 68.5 cm³/mol. The van der Waals surface area contributed by atoms with Gasteiger partial charge in [-0.05, 0) is 18.1 Å². The van der Waals surface area contributed by atoms with E-state index in [1.807, 2.05) is 38.1 Å². The van der Waals surface area contributed by atoms with Crippen LogP contribution in [0.3, 0.4) is 0 Å². The molecule has 1 aromatic rings. The molecule has 0 aliphatic carbocycles. The Morgan fingerprint density at radius 2 is 2.06 bits per heavy atom. The SMILES string of the molecule is Cc1ccccc1CNC(=O)C(C)CN.Cl. The first-order valence-corrected chi connectivity index (χ1v) is 5.17. The van der Waals surface area contributed by atoms with Crippen LogP contribution < -0.4 is 11.1 Å². The van der Waals surface area contributed by atoms with Gasteiger partial charge in [0.15, 0.2) is 0 Å². The molecule has 1 unspecified atom stereocenters. The fourth-order valence-corrected chi connectivity index (χ4v) is 1.27. The summed E-state index contributed by atoms with van der Waals surface area (Å²) in [5, 5.41) is 2.87. The van der Waals surface area contributed by atoms with Gasteiger partial charge in [0, 0.05) is 19.0 Å². The van der Waals surface area contributed by atoms with Crippen LogP contribution in [0.4, 0.5) is 0 Å². The normalized spacial score (nSPS) is 11.4. The van der Waals surface area contributed by atoms with Gasteiger partial charge in [-0.1, -0.05) is 31.2 Å². The second-order valence-electron chi connectivity index (χ2n) is 3.78. The maximum absolute atomic E-state index is 11.5. The quantitative estimate of drug-likeness (QED) is 0.843. The number of hydrogen-bond donors (Lipinski definition) is 2. The molecule has 0 aliphatic heterocycles. The first-order chi connectivity index (χ1) is 7.15. The summed E-state index contributed by atoms with van der Waals surface area (Å²) in [7, 11) is 0. The summed E-state index contributed by atoms with van der Waals surface area (Å²) in [4.78, 5) is 11.5. The molecule has 90 valence electrons. The average molecular weight is 243 g/mol. The zero-order chi connectivity index (χ0) is 11.3. The van der Waals surface area contributed by atoms with Crippen LogP contribution in [0.5, 0.6) is 0 Å². The second-order valence-corrected chi connectivity index (χ2v) is 3.78. The molecule has 0 heterocycles. The van der Waals surface area contributed by atoms with E-state index in [0.717, 1.165) is 5.56 Å². The Hall–Kier alpha value is -1.06. The van der Waals surface area contributed by atoms with Gasteiger partial charge < -0.3 is 11.1 Å². The molecule has 16 heavy (non-hydrogen) atoms. The van der Waals surface area contributed by atoms with Crippen molar-refractivity contribution < 1.29 is 4.79 Å². The number of hydrogen-bond acceptors (Lipinski definition) is 2. The van der Waals surface area contributed by atoms with Gasteiger partial charge in [-0.2, -0.15) is 0 Å².